The van der Waals surface area contributed by atoms with Crippen molar-refractivity contribution in [1.82, 2.24) is 5.48 Å². The van der Waals surface area contributed by atoms with E-state index in [0.717, 1.165) is 6.32 Å². The van der Waals surface area contributed by atoms with Crippen LogP contribution in [0.3, 0.4) is 0 Å². The van der Waals surface area contributed by atoms with Crippen LogP contribution in [-0.4, -0.2) is 30.0 Å². The molecule has 0 aromatic heterocycles. The van der Waals surface area contributed by atoms with Crippen LogP contribution in [0.2, 0.25) is 6.32 Å². The van der Waals surface area contributed by atoms with E-state index in [1.807, 2.05) is 5.48 Å². The number of nitrogens with one attached hydrogen (secondary N) is 1. The number of hydroxylamine groups is 1. The quantitative estimate of drug-likeness (QED) is 0.276. The SMILES string of the molecule is O=C(O)CCC[B]CNO. The van der Waals surface area contributed by atoms with E-state index in [2.05, 4.69) is 0 Å². The first-order chi connectivity index (χ1) is 4.77. The topological polar surface area (TPSA) is 69.6 Å². The third kappa shape index (κ3) is 7.45. The molecule has 4 nitrogen and oxygen atoms in total. The molecule has 0 aliphatic rings. The summed E-state index contributed by atoms with van der Waals surface area (Å²) in [5.41, 5.74) is 1.95. The summed E-state index contributed by atoms with van der Waals surface area (Å²) in [6.07, 6.45) is 1.97. The molecule has 57 valence electrons. The molecule has 0 aliphatic heterocycles. The smallest absolute Gasteiger partial charge is 0.303 e. The Balaban J connectivity index is 2.84. The lowest BCUT2D eigenvalue weighted by Gasteiger charge is -1.94. The Hall–Kier alpha value is -0.545. The molecule has 0 spiro atoms. The van der Waals surface area contributed by atoms with Gasteiger partial charge in [-0.1, -0.05) is 6.32 Å². The van der Waals surface area contributed by atoms with E-state index < -0.39 is 5.97 Å². The summed E-state index contributed by atoms with van der Waals surface area (Å²) in [5.74, 6) is -0.773. The highest BCUT2D eigenvalue weighted by Gasteiger charge is 1.95. The molecule has 0 saturated heterocycles. The third-order valence-corrected chi connectivity index (χ3v) is 1.03. The van der Waals surface area contributed by atoms with Crippen LogP contribution in [0.15, 0.2) is 0 Å². The number of carboxylic acids is 1. The zero-order chi connectivity index (χ0) is 7.82. The minimum Gasteiger partial charge on any atom is -0.481 e. The molecule has 0 fully saturated rings. The van der Waals surface area contributed by atoms with E-state index in [9.17, 15) is 4.79 Å². The molecule has 0 amide bonds. The van der Waals surface area contributed by atoms with Crippen LogP contribution in [0.5, 0.6) is 0 Å². The molecule has 0 bridgehead atoms. The first-order valence-corrected chi connectivity index (χ1v) is 3.17. The summed E-state index contributed by atoms with van der Waals surface area (Å²) < 4.78 is 0. The van der Waals surface area contributed by atoms with Crippen LogP contribution < -0.4 is 5.48 Å². The van der Waals surface area contributed by atoms with Gasteiger partial charge in [0.1, 0.15) is 7.28 Å². The zero-order valence-electron chi connectivity index (χ0n) is 5.71. The Labute approximate surface area is 60.4 Å². The zero-order valence-corrected chi connectivity index (χ0v) is 5.71. The number of rotatable bonds is 6. The third-order valence-electron chi connectivity index (χ3n) is 1.03. The molecule has 0 aromatic carbocycles. The molecule has 3 N–H and O–H groups in total. The van der Waals surface area contributed by atoms with E-state index in [0.29, 0.717) is 12.9 Å². The second kappa shape index (κ2) is 6.57. The molecule has 0 heterocycles. The average Bonchev–Trinajstić information content (AvgIpc) is 1.87. The van der Waals surface area contributed by atoms with Gasteiger partial charge in [-0.2, -0.15) is 0 Å². The molecule has 0 aliphatic carbocycles. The summed E-state index contributed by atoms with van der Waals surface area (Å²) in [5, 5.41) is 16.3. The number of aliphatic carboxylic acids is 1. The molecule has 10 heavy (non-hydrogen) atoms. The van der Waals surface area contributed by atoms with Crippen LogP contribution in [0.25, 0.3) is 0 Å². The summed E-state index contributed by atoms with van der Waals surface area (Å²) >= 11 is 0. The normalized spacial score (nSPS) is 9.30. The Morgan fingerprint density at radius 1 is 1.60 bits per heavy atom. The van der Waals surface area contributed by atoms with Crippen LogP contribution >= 0.6 is 0 Å². The number of hydrogen-bond donors (Lipinski definition) is 3. The van der Waals surface area contributed by atoms with Crippen molar-refractivity contribution in [2.75, 3.05) is 6.44 Å². The summed E-state index contributed by atoms with van der Waals surface area (Å²) in [7, 11) is 1.79. The van der Waals surface area contributed by atoms with Gasteiger partial charge in [0.05, 0.1) is 0 Å². The summed E-state index contributed by atoms with van der Waals surface area (Å²) in [6, 6.07) is 0. The number of hydrogen-bond acceptors (Lipinski definition) is 3. The van der Waals surface area contributed by atoms with Gasteiger partial charge >= 0.3 is 5.97 Å². The van der Waals surface area contributed by atoms with Gasteiger partial charge in [-0.3, -0.25) is 4.79 Å². The van der Waals surface area contributed by atoms with Crippen molar-refractivity contribution < 1.29 is 15.1 Å². The second-order valence-corrected chi connectivity index (χ2v) is 1.94. The van der Waals surface area contributed by atoms with Crippen molar-refractivity contribution in [2.24, 2.45) is 0 Å². The van der Waals surface area contributed by atoms with Crippen molar-refractivity contribution in [3.05, 3.63) is 0 Å². The minimum atomic E-state index is -0.773. The van der Waals surface area contributed by atoms with Crippen LogP contribution in [-0.2, 0) is 4.79 Å². The van der Waals surface area contributed by atoms with E-state index in [1.54, 1.807) is 7.28 Å². The van der Waals surface area contributed by atoms with Crippen molar-refractivity contribution in [2.45, 2.75) is 19.2 Å². The van der Waals surface area contributed by atoms with Gasteiger partial charge in [0.25, 0.3) is 0 Å². The van der Waals surface area contributed by atoms with Gasteiger partial charge in [-0.15, -0.1) is 0 Å². The Bertz CT molecular complexity index is 98.9. The van der Waals surface area contributed by atoms with Crippen LogP contribution in [0.4, 0.5) is 0 Å². The van der Waals surface area contributed by atoms with Crippen molar-refractivity contribution in [3.8, 4) is 0 Å². The lowest BCUT2D eigenvalue weighted by molar-refractivity contribution is -0.137. The predicted octanol–water partition coefficient (Wildman–Crippen LogP) is -0.0900. The molecule has 5 heteroatoms. The van der Waals surface area contributed by atoms with Gasteiger partial charge < -0.3 is 10.3 Å². The maximum atomic E-state index is 9.95. The van der Waals surface area contributed by atoms with E-state index in [4.69, 9.17) is 10.3 Å². The highest BCUT2D eigenvalue weighted by molar-refractivity contribution is 6.35. The highest BCUT2D eigenvalue weighted by atomic mass is 16.5. The van der Waals surface area contributed by atoms with Gasteiger partial charge in [0.2, 0.25) is 0 Å². The lowest BCUT2D eigenvalue weighted by Crippen LogP contribution is -2.15. The van der Waals surface area contributed by atoms with Crippen molar-refractivity contribution >= 4 is 13.2 Å². The van der Waals surface area contributed by atoms with E-state index in [-0.39, 0.29) is 6.42 Å². The molecular formula is C5H11BNO3. The van der Waals surface area contributed by atoms with Gasteiger partial charge in [-0.25, -0.2) is 5.48 Å². The number of carbonyl (C=O) groups is 1. The molecular weight excluding hydrogens is 133 g/mol. The second-order valence-electron chi connectivity index (χ2n) is 1.94. The van der Waals surface area contributed by atoms with E-state index in [1.165, 1.54) is 0 Å². The van der Waals surface area contributed by atoms with Crippen LogP contribution in [0, 0.1) is 0 Å². The Morgan fingerprint density at radius 2 is 2.30 bits per heavy atom. The summed E-state index contributed by atoms with van der Waals surface area (Å²) in [4.78, 5) is 9.95. The standard InChI is InChI=1S/C5H11BNO3/c8-5(9)2-1-3-6-4-7-10/h7,10H,1-4H2,(H,8,9). The Morgan fingerprint density at radius 3 is 2.80 bits per heavy atom. The summed E-state index contributed by atoms with van der Waals surface area (Å²) in [6.45, 7) is 0. The van der Waals surface area contributed by atoms with Gasteiger partial charge in [0, 0.05) is 6.42 Å². The largest absolute Gasteiger partial charge is 0.481 e. The highest BCUT2D eigenvalue weighted by Crippen LogP contribution is 1.93. The van der Waals surface area contributed by atoms with E-state index >= 15 is 0 Å². The lowest BCUT2D eigenvalue weighted by atomic mass is 9.73. The average molecular weight is 144 g/mol. The van der Waals surface area contributed by atoms with Gasteiger partial charge in [0.15, 0.2) is 0 Å². The number of carboxylic acid groups (broad SMARTS) is 1. The predicted molar refractivity (Wildman–Crippen MR) is 37.2 cm³/mol. The maximum Gasteiger partial charge on any atom is 0.303 e. The van der Waals surface area contributed by atoms with Crippen LogP contribution in [0.1, 0.15) is 12.8 Å². The fraction of sp³-hybridized carbons (Fsp3) is 0.800. The molecule has 0 saturated carbocycles. The minimum absolute atomic E-state index is 0.196. The molecule has 0 aromatic rings. The molecule has 0 rings (SSSR count). The fourth-order valence-electron chi connectivity index (χ4n) is 0.564. The first-order valence-electron chi connectivity index (χ1n) is 3.17. The molecule has 1 radical (unpaired) electrons. The molecule has 0 atom stereocenters. The van der Waals surface area contributed by atoms with Crippen molar-refractivity contribution in [1.29, 1.82) is 0 Å². The molecule has 0 unspecified atom stereocenters. The van der Waals surface area contributed by atoms with Crippen molar-refractivity contribution in [3.63, 3.8) is 0 Å². The van der Waals surface area contributed by atoms with Gasteiger partial charge in [-0.05, 0) is 12.9 Å². The fourth-order valence-corrected chi connectivity index (χ4v) is 0.564. The maximum absolute atomic E-state index is 9.95. The Kier molecular flexibility index (Phi) is 6.21. The first kappa shape index (κ1) is 9.45. The monoisotopic (exact) mass is 144 g/mol.